The van der Waals surface area contributed by atoms with Crippen LogP contribution in [0, 0.1) is 27.7 Å². The van der Waals surface area contributed by atoms with Gasteiger partial charge in [0.2, 0.25) is 0 Å². The number of unbranched alkanes of at least 4 members (excludes halogenated alkanes) is 30. The van der Waals surface area contributed by atoms with Crippen molar-refractivity contribution < 1.29 is 9.47 Å². The monoisotopic (exact) mass is 1790 g/mol. The average molecular weight is 1790 g/mol. The Morgan fingerprint density at radius 2 is 0.358 bits per heavy atom. The highest BCUT2D eigenvalue weighted by Gasteiger charge is 2.12. The van der Waals surface area contributed by atoms with Crippen LogP contribution in [0.1, 0.15) is 241 Å². The van der Waals surface area contributed by atoms with Crippen molar-refractivity contribution in [3.63, 3.8) is 0 Å². The van der Waals surface area contributed by atoms with Crippen LogP contribution in [0.2, 0.25) is 0 Å². The number of fused-ring (bicyclic) bond motifs is 8. The highest BCUT2D eigenvalue weighted by Crippen LogP contribution is 2.32. The fourth-order valence-electron chi connectivity index (χ4n) is 18.0. The Hall–Kier alpha value is -12.6. The Kier molecular flexibility index (Phi) is 42.2. The van der Waals surface area contributed by atoms with Crippen LogP contribution >= 0.6 is 0 Å². The van der Waals surface area contributed by atoms with Gasteiger partial charge < -0.3 is 41.4 Å². The first kappa shape index (κ1) is 98.9. The Labute approximate surface area is 797 Å². The summed E-state index contributed by atoms with van der Waals surface area (Å²) in [5.41, 5.74) is 20.0. The summed E-state index contributed by atoms with van der Waals surface area (Å²) in [6.07, 6.45) is 51.3. The van der Waals surface area contributed by atoms with E-state index in [1.807, 2.05) is 85.5 Å². The second-order valence-electron chi connectivity index (χ2n) is 36.0. The number of hydrogen-bond donors (Lipinski definition) is 6. The van der Waals surface area contributed by atoms with E-state index in [4.69, 9.17) is 9.47 Å². The molecule has 0 amide bonds. The van der Waals surface area contributed by atoms with Gasteiger partial charge in [-0.15, -0.1) is 0 Å². The average Bonchev–Trinajstić information content (AvgIpc) is 0.821. The zero-order chi connectivity index (χ0) is 92.3. The molecule has 0 aliphatic rings. The molecular weight excluding hydrogens is 1650 g/mol. The molecule has 0 aliphatic heterocycles. The minimum atomic E-state index is 0.773. The van der Waals surface area contributed by atoms with E-state index < -0.39 is 0 Å². The Balaban J connectivity index is 0.000000152. The van der Waals surface area contributed by atoms with Crippen molar-refractivity contribution in [2.24, 2.45) is 0 Å². The van der Waals surface area contributed by atoms with Crippen molar-refractivity contribution in [1.82, 2.24) is 39.9 Å². The van der Waals surface area contributed by atoms with Crippen molar-refractivity contribution in [2.75, 3.05) is 84.4 Å². The summed E-state index contributed by atoms with van der Waals surface area (Å²) in [6.45, 7) is 16.0. The van der Waals surface area contributed by atoms with Gasteiger partial charge in [-0.25, -0.2) is 0 Å². The van der Waals surface area contributed by atoms with Crippen LogP contribution < -0.4 is 41.4 Å². The molecule has 700 valence electrons. The molecule has 16 rings (SSSR count). The SMILES string of the molecule is Cc1cc(NCCCCCCCCCCCCNc2cc(C)nc3ccccc23)c2ccccc2n1.Cc1cc(NCCCCCCCCCCNc2cc(C)nc3ccccc23)c2ccccc2n1.c1ccc2c(NCCCCCCCCCCNc3ccnc4ccccc34)ccnc2c1.c1ccc2c(OCCCCCCCCCCOc3ccnc4ccccc34)ccnc2c1. The Morgan fingerprint density at radius 3 is 0.604 bits per heavy atom. The number of benzene rings is 8. The molecule has 16 aromatic rings. The maximum absolute atomic E-state index is 6.00. The minimum absolute atomic E-state index is 0.773. The molecule has 16 heteroatoms. The normalized spacial score (nSPS) is 11.2. The maximum atomic E-state index is 6.00. The fourth-order valence-corrected chi connectivity index (χ4v) is 18.0. The fraction of sp³-hybridized carbons (Fsp3) is 0.390. The van der Waals surface area contributed by atoms with Gasteiger partial charge in [0.1, 0.15) is 11.5 Å². The third-order valence-corrected chi connectivity index (χ3v) is 25.2. The van der Waals surface area contributed by atoms with Crippen molar-refractivity contribution >= 4 is 121 Å². The van der Waals surface area contributed by atoms with Crippen LogP contribution in [0.4, 0.5) is 34.1 Å². The number of nitrogens with zero attached hydrogens (tertiary/aromatic N) is 8. The van der Waals surface area contributed by atoms with E-state index in [0.29, 0.717) is 0 Å². The van der Waals surface area contributed by atoms with Gasteiger partial charge in [0, 0.05) is 164 Å². The standard InChI is InChI=1S/C32H42N4.C30H38N4.C28H34N4.C28H32N2O2/c1-25-23-31(27-17-11-13-19-29(27)35-25)33-21-15-9-7-5-3-4-6-8-10-16-22-34-32-24-26(2)36-30-20-14-12-18-28(30)32;1-23-21-29(25-15-9-11-17-27(25)33-23)31-19-13-7-5-3-4-6-8-14-20-32-30-22-24(2)34-28-18-12-10-16-26(28)30;1(3-5-11-19-29-27-17-21-31-25-15-9-7-13-23(25)27)2-4-6-12-20-30-28-18-22-32-26-16-10-8-14-24(26)28;1(3-5-11-21-31-27-17-19-29-25-15-9-7-13-23(25)27)2-4-6-12-22-32-28-18-20-30-26-16-10-8-14-24(26)28/h11-14,17-20,23-24H,3-10,15-16,21-22H2,1-2H3,(H,33,35)(H,34,36);9-12,15-18,21-22H,3-8,13-14,19-20H2,1-2H3,(H,31,33)(H,32,34);7-10,13-18,21-22H,1-6,11-12,19-20H2,(H,29,31)(H,30,32);7-10,13-20H,1-6,11-12,21-22H2. The molecule has 8 aromatic heterocycles. The molecule has 0 unspecified atom stereocenters. The molecule has 0 bridgehead atoms. The van der Waals surface area contributed by atoms with Crippen molar-refractivity contribution in [3.8, 4) is 11.5 Å². The van der Waals surface area contributed by atoms with Gasteiger partial charge in [0.05, 0.1) is 57.3 Å². The van der Waals surface area contributed by atoms with Crippen molar-refractivity contribution in [1.29, 1.82) is 0 Å². The van der Waals surface area contributed by atoms with Crippen LogP contribution in [0.15, 0.2) is 267 Å². The van der Waals surface area contributed by atoms with Gasteiger partial charge in [-0.3, -0.25) is 39.9 Å². The Bertz CT molecular complexity index is 5570. The number of nitrogens with one attached hydrogen (secondary N) is 6. The number of rotatable bonds is 54. The lowest BCUT2D eigenvalue weighted by molar-refractivity contribution is 0.304. The first-order valence-corrected chi connectivity index (χ1v) is 50.7. The molecule has 0 saturated carbocycles. The summed E-state index contributed by atoms with van der Waals surface area (Å²) in [5.74, 6) is 1.88. The second-order valence-corrected chi connectivity index (χ2v) is 36.0. The molecule has 134 heavy (non-hydrogen) atoms. The maximum Gasteiger partial charge on any atom is 0.130 e. The number of aryl methyl sites for hydroxylation is 4. The second kappa shape index (κ2) is 57.1. The summed E-state index contributed by atoms with van der Waals surface area (Å²) in [7, 11) is 0. The lowest BCUT2D eigenvalue weighted by Crippen LogP contribution is -2.03. The molecule has 0 saturated heterocycles. The highest BCUT2D eigenvalue weighted by atomic mass is 16.5. The summed E-state index contributed by atoms with van der Waals surface area (Å²) in [5, 5.41) is 31.2. The van der Waals surface area contributed by atoms with E-state index in [0.717, 1.165) is 155 Å². The number of aromatic nitrogens is 8. The molecule has 0 radical (unpaired) electrons. The van der Waals surface area contributed by atoms with Crippen molar-refractivity contribution in [3.05, 3.63) is 290 Å². The lowest BCUT2D eigenvalue weighted by Gasteiger charge is -2.11. The molecule has 0 spiro atoms. The van der Waals surface area contributed by atoms with Gasteiger partial charge >= 0.3 is 0 Å². The minimum Gasteiger partial charge on any atom is -0.493 e. The molecular formula is C118H146N14O2. The number of ether oxygens (including phenoxy) is 2. The van der Waals surface area contributed by atoms with Crippen LogP contribution in [-0.4, -0.2) is 92.4 Å². The van der Waals surface area contributed by atoms with Crippen LogP contribution in [0.5, 0.6) is 11.5 Å². The van der Waals surface area contributed by atoms with E-state index in [2.05, 4.69) is 281 Å². The van der Waals surface area contributed by atoms with E-state index in [-0.39, 0.29) is 0 Å². The van der Waals surface area contributed by atoms with E-state index in [1.165, 1.54) is 272 Å². The number of pyridine rings is 8. The van der Waals surface area contributed by atoms with E-state index in [1.54, 1.807) is 0 Å². The highest BCUT2D eigenvalue weighted by molar-refractivity contribution is 5.96. The summed E-state index contributed by atoms with van der Waals surface area (Å²) in [4.78, 5) is 36.1. The molecule has 0 atom stereocenters. The zero-order valence-electron chi connectivity index (χ0n) is 80.5. The molecule has 0 fully saturated rings. The summed E-state index contributed by atoms with van der Waals surface area (Å²) in [6, 6.07) is 83.2. The van der Waals surface area contributed by atoms with Crippen LogP contribution in [0.3, 0.4) is 0 Å². The van der Waals surface area contributed by atoms with Gasteiger partial charge in [0.25, 0.3) is 0 Å². The summed E-state index contributed by atoms with van der Waals surface area (Å²) < 4.78 is 12.0. The third kappa shape index (κ3) is 33.0. The molecule has 16 nitrogen and oxygen atoms in total. The van der Waals surface area contributed by atoms with Crippen LogP contribution in [0.25, 0.3) is 87.2 Å². The van der Waals surface area contributed by atoms with Gasteiger partial charge in [0.15, 0.2) is 0 Å². The first-order chi connectivity index (χ1) is 66.2. The summed E-state index contributed by atoms with van der Waals surface area (Å²) >= 11 is 0. The van der Waals surface area contributed by atoms with Gasteiger partial charge in [-0.1, -0.05) is 300 Å². The quantitative estimate of drug-likeness (QED) is 0.0197. The lowest BCUT2D eigenvalue weighted by atomic mass is 10.1. The smallest absolute Gasteiger partial charge is 0.130 e. The first-order valence-electron chi connectivity index (χ1n) is 50.7. The number of hydrogen-bond acceptors (Lipinski definition) is 16. The van der Waals surface area contributed by atoms with E-state index in [9.17, 15) is 0 Å². The third-order valence-electron chi connectivity index (χ3n) is 25.2. The number of anilines is 6. The van der Waals surface area contributed by atoms with Gasteiger partial charge in [-0.05, 0) is 188 Å². The topological polar surface area (TPSA) is 194 Å². The largest absolute Gasteiger partial charge is 0.493 e. The molecule has 0 aliphatic carbocycles. The molecule has 8 heterocycles. The van der Waals surface area contributed by atoms with Crippen LogP contribution in [-0.2, 0) is 0 Å². The van der Waals surface area contributed by atoms with Gasteiger partial charge in [-0.2, -0.15) is 0 Å². The molecule has 6 N–H and O–H groups in total. The predicted octanol–water partition coefficient (Wildman–Crippen LogP) is 31.7. The predicted molar refractivity (Wildman–Crippen MR) is 572 cm³/mol. The van der Waals surface area contributed by atoms with Crippen molar-refractivity contribution in [2.45, 2.75) is 246 Å². The zero-order valence-corrected chi connectivity index (χ0v) is 80.5. The van der Waals surface area contributed by atoms with E-state index >= 15 is 0 Å². The Morgan fingerprint density at radius 1 is 0.179 bits per heavy atom. The molecule has 8 aromatic carbocycles. The number of para-hydroxylation sites is 8.